The SMILES string of the molecule is N=C(/C=C(\N)c1cc(-c2sc(-c3scc4c3OCCO4)c3c2OCCO3)ccn1)C(F)(F)F. The smallest absolute Gasteiger partial charge is 0.432 e. The summed E-state index contributed by atoms with van der Waals surface area (Å²) in [6, 6.07) is 3.27. The number of hydrogen-bond donors (Lipinski definition) is 2. The number of nitrogens with one attached hydrogen (secondary N) is 1. The minimum absolute atomic E-state index is 0.118. The second-order valence-corrected chi connectivity index (χ2v) is 8.91. The number of fused-ring (bicyclic) bond motifs is 2. The van der Waals surface area contributed by atoms with E-state index in [1.807, 2.05) is 5.38 Å². The van der Waals surface area contributed by atoms with Gasteiger partial charge in [-0.3, -0.25) is 10.4 Å². The molecule has 2 aliphatic rings. The van der Waals surface area contributed by atoms with E-state index < -0.39 is 11.9 Å². The lowest BCUT2D eigenvalue weighted by Gasteiger charge is -2.18. The van der Waals surface area contributed by atoms with Crippen LogP contribution in [0, 0.1) is 5.41 Å². The van der Waals surface area contributed by atoms with Crippen molar-refractivity contribution >= 4 is 34.1 Å². The third kappa shape index (κ3) is 4.00. The fourth-order valence-corrected chi connectivity index (χ4v) is 5.61. The largest absolute Gasteiger partial charge is 0.485 e. The van der Waals surface area contributed by atoms with Gasteiger partial charge in [0.25, 0.3) is 0 Å². The Bertz CT molecular complexity index is 1270. The highest BCUT2D eigenvalue weighted by Crippen LogP contribution is 2.58. The summed E-state index contributed by atoms with van der Waals surface area (Å²) in [7, 11) is 0. The van der Waals surface area contributed by atoms with Crippen LogP contribution in [0.25, 0.3) is 25.9 Å². The van der Waals surface area contributed by atoms with Gasteiger partial charge in [0.2, 0.25) is 0 Å². The lowest BCUT2D eigenvalue weighted by atomic mass is 10.1. The highest BCUT2D eigenvalue weighted by atomic mass is 32.1. The van der Waals surface area contributed by atoms with Crippen molar-refractivity contribution in [2.45, 2.75) is 6.18 Å². The zero-order valence-corrected chi connectivity index (χ0v) is 18.5. The summed E-state index contributed by atoms with van der Waals surface area (Å²) < 4.78 is 61.5. The summed E-state index contributed by atoms with van der Waals surface area (Å²) in [4.78, 5) is 6.46. The van der Waals surface area contributed by atoms with Gasteiger partial charge in [0, 0.05) is 11.6 Å². The number of allylic oxidation sites excluding steroid dienone is 1. The molecule has 0 atom stereocenters. The zero-order valence-electron chi connectivity index (χ0n) is 16.8. The van der Waals surface area contributed by atoms with Crippen molar-refractivity contribution in [2.75, 3.05) is 26.4 Å². The normalized spacial score (nSPS) is 15.4. The molecule has 0 radical (unpaired) electrons. The Kier molecular flexibility index (Phi) is 5.41. The standard InChI is InChI=1S/C21H16F3N3O4S2/c22-21(23,24)14(26)8-11(25)12-7-10(1-2-27-12)18-16-17(31-6-5-30-16)20(33-18)19-15-13(9-32-19)28-3-4-29-15/h1-2,7-9,26H,3-6,25H2/b11-8-,26-14?. The Labute approximate surface area is 193 Å². The molecule has 0 aliphatic carbocycles. The number of pyridine rings is 1. The van der Waals surface area contributed by atoms with Crippen LogP contribution in [0.3, 0.4) is 0 Å². The Balaban J connectivity index is 1.57. The topological polar surface area (TPSA) is 99.7 Å². The monoisotopic (exact) mass is 495 g/mol. The lowest BCUT2D eigenvalue weighted by Crippen LogP contribution is -2.20. The van der Waals surface area contributed by atoms with Crippen LogP contribution in [0.1, 0.15) is 5.69 Å². The first-order valence-corrected chi connectivity index (χ1v) is 11.4. The number of alkyl halides is 3. The summed E-state index contributed by atoms with van der Waals surface area (Å²) >= 11 is 2.88. The van der Waals surface area contributed by atoms with Crippen LogP contribution < -0.4 is 24.7 Å². The van der Waals surface area contributed by atoms with Crippen LogP contribution in [-0.2, 0) is 0 Å². The van der Waals surface area contributed by atoms with Gasteiger partial charge in [0.05, 0.1) is 26.0 Å². The van der Waals surface area contributed by atoms with Crippen LogP contribution in [0.15, 0.2) is 29.8 Å². The van der Waals surface area contributed by atoms with E-state index >= 15 is 0 Å². The molecule has 3 aromatic heterocycles. The van der Waals surface area contributed by atoms with Gasteiger partial charge < -0.3 is 24.7 Å². The molecule has 3 aromatic rings. The molecule has 0 unspecified atom stereocenters. The molecule has 5 heterocycles. The summed E-state index contributed by atoms with van der Waals surface area (Å²) in [5, 5.41) is 9.04. The number of hydrogen-bond acceptors (Lipinski definition) is 9. The second-order valence-electron chi connectivity index (χ2n) is 7.01. The molecule has 0 amide bonds. The molecule has 172 valence electrons. The van der Waals surface area contributed by atoms with Crippen LogP contribution in [0.4, 0.5) is 13.2 Å². The van der Waals surface area contributed by atoms with Gasteiger partial charge in [-0.15, -0.1) is 22.7 Å². The van der Waals surface area contributed by atoms with Crippen LogP contribution in [-0.4, -0.2) is 43.3 Å². The minimum Gasteiger partial charge on any atom is -0.485 e. The molecular weight excluding hydrogens is 479 g/mol. The quantitative estimate of drug-likeness (QED) is 0.496. The van der Waals surface area contributed by atoms with E-state index in [0.717, 1.165) is 14.6 Å². The van der Waals surface area contributed by atoms with Gasteiger partial charge in [0.1, 0.15) is 32.1 Å². The predicted molar refractivity (Wildman–Crippen MR) is 119 cm³/mol. The lowest BCUT2D eigenvalue weighted by molar-refractivity contribution is -0.0583. The van der Waals surface area contributed by atoms with Gasteiger partial charge >= 0.3 is 6.18 Å². The number of thiophene rings is 2. The number of nitrogens with two attached hydrogens (primary N) is 1. The summed E-state index contributed by atoms with van der Waals surface area (Å²) in [5.74, 6) is 2.46. The van der Waals surface area contributed by atoms with E-state index in [-0.39, 0.29) is 11.4 Å². The first kappa shape index (κ1) is 21.6. The fraction of sp³-hybridized carbons (Fsp3) is 0.238. The average Bonchev–Trinajstić information content (AvgIpc) is 3.40. The van der Waals surface area contributed by atoms with E-state index in [9.17, 15) is 13.2 Å². The van der Waals surface area contributed by atoms with Crippen molar-refractivity contribution in [3.05, 3.63) is 35.5 Å². The van der Waals surface area contributed by atoms with Crippen molar-refractivity contribution < 1.29 is 32.1 Å². The fourth-order valence-electron chi connectivity index (χ4n) is 3.35. The molecule has 12 heteroatoms. The van der Waals surface area contributed by atoms with Crippen molar-refractivity contribution in [1.82, 2.24) is 4.98 Å². The van der Waals surface area contributed by atoms with E-state index in [4.69, 9.17) is 30.1 Å². The van der Waals surface area contributed by atoms with Crippen LogP contribution >= 0.6 is 22.7 Å². The molecular formula is C21H16F3N3O4S2. The molecule has 0 saturated heterocycles. The zero-order chi connectivity index (χ0) is 23.2. The van der Waals surface area contributed by atoms with E-state index in [1.165, 1.54) is 28.9 Å². The minimum atomic E-state index is -4.79. The van der Waals surface area contributed by atoms with Crippen molar-refractivity contribution in [3.63, 3.8) is 0 Å². The van der Waals surface area contributed by atoms with E-state index in [1.54, 1.807) is 12.1 Å². The number of nitrogens with zero attached hydrogens (tertiary/aromatic N) is 1. The van der Waals surface area contributed by atoms with Gasteiger partial charge in [-0.25, -0.2) is 0 Å². The Morgan fingerprint density at radius 3 is 2.39 bits per heavy atom. The Hall–Kier alpha value is -3.25. The molecule has 0 saturated carbocycles. The second kappa shape index (κ2) is 8.27. The molecule has 2 aliphatic heterocycles. The molecule has 3 N–H and O–H groups in total. The summed E-state index contributed by atoms with van der Waals surface area (Å²) in [6.45, 7) is 1.68. The van der Waals surface area contributed by atoms with Crippen molar-refractivity contribution in [3.8, 4) is 43.2 Å². The Morgan fingerprint density at radius 2 is 1.67 bits per heavy atom. The molecule has 0 bridgehead atoms. The molecule has 0 spiro atoms. The van der Waals surface area contributed by atoms with Gasteiger partial charge in [-0.2, -0.15) is 13.2 Å². The predicted octanol–water partition coefficient (Wildman–Crippen LogP) is 4.96. The van der Waals surface area contributed by atoms with Crippen LogP contribution in [0.2, 0.25) is 0 Å². The maximum Gasteiger partial charge on any atom is 0.432 e. The number of ether oxygens (including phenoxy) is 4. The third-order valence-electron chi connectivity index (χ3n) is 4.83. The van der Waals surface area contributed by atoms with E-state index in [2.05, 4.69) is 4.98 Å². The summed E-state index contributed by atoms with van der Waals surface area (Å²) in [5.41, 5.74) is 4.76. The number of rotatable bonds is 4. The molecule has 0 fully saturated rings. The maximum atomic E-state index is 12.7. The average molecular weight is 496 g/mol. The van der Waals surface area contributed by atoms with Gasteiger partial charge in [0.15, 0.2) is 23.0 Å². The first-order valence-electron chi connectivity index (χ1n) is 9.72. The first-order chi connectivity index (χ1) is 15.8. The van der Waals surface area contributed by atoms with Gasteiger partial charge in [-0.05, 0) is 23.8 Å². The van der Waals surface area contributed by atoms with E-state index in [0.29, 0.717) is 61.1 Å². The molecule has 33 heavy (non-hydrogen) atoms. The summed E-state index contributed by atoms with van der Waals surface area (Å²) in [6.07, 6.45) is -2.79. The molecule has 7 nitrogen and oxygen atoms in total. The molecule has 5 rings (SSSR count). The third-order valence-corrected chi connectivity index (χ3v) is 7.13. The number of halogens is 3. The van der Waals surface area contributed by atoms with Crippen molar-refractivity contribution in [2.24, 2.45) is 5.73 Å². The highest BCUT2D eigenvalue weighted by molar-refractivity contribution is 7.24. The Morgan fingerprint density at radius 1 is 1.00 bits per heavy atom. The number of aromatic nitrogens is 1. The van der Waals surface area contributed by atoms with Crippen molar-refractivity contribution in [1.29, 1.82) is 5.41 Å². The van der Waals surface area contributed by atoms with Crippen LogP contribution in [0.5, 0.6) is 23.0 Å². The highest BCUT2D eigenvalue weighted by Gasteiger charge is 2.33. The maximum absolute atomic E-state index is 12.7. The van der Waals surface area contributed by atoms with Gasteiger partial charge in [-0.1, -0.05) is 0 Å². The molecule has 0 aromatic carbocycles.